The first-order chi connectivity index (χ1) is 14.0. The second-order valence-corrected chi connectivity index (χ2v) is 7.57. The smallest absolute Gasteiger partial charge is 0.308 e. The first-order valence-corrected chi connectivity index (χ1v) is 9.70. The van der Waals surface area contributed by atoms with E-state index in [9.17, 15) is 19.1 Å². The van der Waals surface area contributed by atoms with Gasteiger partial charge in [0.05, 0.1) is 12.5 Å². The molecule has 2 aliphatic heterocycles. The topological polar surface area (TPSA) is 70.1 Å². The molecule has 29 heavy (non-hydrogen) atoms. The van der Waals surface area contributed by atoms with E-state index in [4.69, 9.17) is 4.74 Å². The predicted octanol–water partition coefficient (Wildman–Crippen LogP) is 2.35. The molecule has 0 unspecified atom stereocenters. The van der Waals surface area contributed by atoms with Gasteiger partial charge < -0.3 is 14.7 Å². The van der Waals surface area contributed by atoms with Crippen molar-refractivity contribution in [3.8, 4) is 5.75 Å². The fraction of sp³-hybridized carbons (Fsp3) is 0.364. The molecule has 4 rings (SSSR count). The molecule has 0 spiro atoms. The van der Waals surface area contributed by atoms with Crippen LogP contribution in [0.15, 0.2) is 48.5 Å². The lowest BCUT2D eigenvalue weighted by molar-refractivity contribution is -0.141. The maximum absolute atomic E-state index is 13.6. The quantitative estimate of drug-likeness (QED) is 0.856. The van der Waals surface area contributed by atoms with Crippen LogP contribution >= 0.6 is 0 Å². The van der Waals surface area contributed by atoms with Gasteiger partial charge in [-0.1, -0.05) is 30.3 Å². The molecule has 0 aromatic heterocycles. The number of para-hydroxylation sites is 1. The highest BCUT2D eigenvalue weighted by atomic mass is 19.1. The van der Waals surface area contributed by atoms with Crippen molar-refractivity contribution in [1.82, 2.24) is 9.80 Å². The third kappa shape index (κ3) is 4.24. The Labute approximate surface area is 168 Å². The van der Waals surface area contributed by atoms with Crippen molar-refractivity contribution in [2.75, 3.05) is 32.8 Å². The molecule has 0 bridgehead atoms. The number of hydrogen-bond acceptors (Lipinski definition) is 4. The number of amides is 1. The number of benzene rings is 2. The Balaban J connectivity index is 1.46. The van der Waals surface area contributed by atoms with E-state index in [1.165, 1.54) is 12.1 Å². The van der Waals surface area contributed by atoms with E-state index in [0.29, 0.717) is 25.3 Å². The molecule has 1 N–H and O–H groups in total. The number of fused-ring (bicyclic) bond motifs is 1. The number of nitrogens with zero attached hydrogens (tertiary/aromatic N) is 2. The average molecular weight is 398 g/mol. The molecule has 152 valence electrons. The van der Waals surface area contributed by atoms with E-state index < -0.39 is 23.6 Å². The van der Waals surface area contributed by atoms with Crippen molar-refractivity contribution in [3.05, 3.63) is 65.5 Å². The van der Waals surface area contributed by atoms with E-state index >= 15 is 0 Å². The highest BCUT2D eigenvalue weighted by molar-refractivity contribution is 5.81. The number of hydrogen-bond donors (Lipinski definition) is 1. The summed E-state index contributed by atoms with van der Waals surface area (Å²) in [6.45, 7) is 2.32. The van der Waals surface area contributed by atoms with Gasteiger partial charge in [-0.05, 0) is 23.8 Å². The fourth-order valence-corrected chi connectivity index (χ4v) is 4.14. The number of carboxylic acid groups (broad SMARTS) is 1. The van der Waals surface area contributed by atoms with Gasteiger partial charge in [0.1, 0.15) is 18.2 Å². The van der Waals surface area contributed by atoms with Crippen LogP contribution in [-0.4, -0.2) is 59.6 Å². The summed E-state index contributed by atoms with van der Waals surface area (Å²) in [6, 6.07) is 13.7. The molecule has 0 aliphatic carbocycles. The van der Waals surface area contributed by atoms with E-state index in [-0.39, 0.29) is 25.5 Å². The maximum atomic E-state index is 13.6. The van der Waals surface area contributed by atoms with Crippen LogP contribution in [0.4, 0.5) is 4.39 Å². The number of carboxylic acids is 1. The van der Waals surface area contributed by atoms with Crippen LogP contribution in [0.25, 0.3) is 0 Å². The first-order valence-electron chi connectivity index (χ1n) is 9.70. The Hall–Kier alpha value is -2.93. The fourth-order valence-electron chi connectivity index (χ4n) is 4.14. The van der Waals surface area contributed by atoms with Gasteiger partial charge in [0.2, 0.25) is 5.91 Å². The van der Waals surface area contributed by atoms with Gasteiger partial charge in [-0.15, -0.1) is 0 Å². The largest absolute Gasteiger partial charge is 0.492 e. The highest BCUT2D eigenvalue weighted by Crippen LogP contribution is 2.33. The zero-order chi connectivity index (χ0) is 20.4. The third-order valence-electron chi connectivity index (χ3n) is 5.66. The predicted molar refractivity (Wildman–Crippen MR) is 104 cm³/mol. The van der Waals surface area contributed by atoms with Crippen LogP contribution in [0.3, 0.4) is 0 Å². The second-order valence-electron chi connectivity index (χ2n) is 7.57. The van der Waals surface area contributed by atoms with E-state index in [0.717, 1.165) is 11.3 Å². The molecule has 2 aliphatic rings. The molecule has 7 heteroatoms. The Morgan fingerprint density at radius 3 is 2.76 bits per heavy atom. The zero-order valence-electron chi connectivity index (χ0n) is 16.0. The summed E-state index contributed by atoms with van der Waals surface area (Å²) in [4.78, 5) is 28.3. The number of ether oxygens (including phenoxy) is 1. The summed E-state index contributed by atoms with van der Waals surface area (Å²) < 4.78 is 19.4. The van der Waals surface area contributed by atoms with Crippen molar-refractivity contribution >= 4 is 11.9 Å². The molecule has 2 aromatic rings. The van der Waals surface area contributed by atoms with Crippen LogP contribution in [0.2, 0.25) is 0 Å². The number of aliphatic carboxylic acids is 1. The standard InChI is InChI=1S/C22H23FN2O4/c23-17-6-3-5-15(10-17)18-12-25(13-19(18)22(27)28)21(26)14-24-8-9-29-20-7-2-1-4-16(20)11-24/h1-7,10,18-19H,8-9,11-14H2,(H,27,28)/t18-,19+/m0/s1. The monoisotopic (exact) mass is 398 g/mol. The molecule has 2 atom stereocenters. The Bertz CT molecular complexity index is 919. The van der Waals surface area contributed by atoms with Crippen LogP contribution < -0.4 is 4.74 Å². The Morgan fingerprint density at radius 1 is 1.14 bits per heavy atom. The zero-order valence-corrected chi connectivity index (χ0v) is 16.0. The number of halogens is 1. The van der Waals surface area contributed by atoms with Crippen molar-refractivity contribution < 1.29 is 23.8 Å². The molecule has 1 fully saturated rings. The molecular formula is C22H23FN2O4. The minimum atomic E-state index is -0.966. The summed E-state index contributed by atoms with van der Waals surface area (Å²) in [6.07, 6.45) is 0. The number of carbonyl (C=O) groups is 2. The normalized spacial score (nSPS) is 21.9. The van der Waals surface area contributed by atoms with Crippen LogP contribution in [0, 0.1) is 11.7 Å². The Morgan fingerprint density at radius 2 is 1.97 bits per heavy atom. The molecule has 2 heterocycles. The summed E-state index contributed by atoms with van der Waals surface area (Å²) in [5.74, 6) is -1.81. The van der Waals surface area contributed by atoms with Gasteiger partial charge in [-0.3, -0.25) is 14.5 Å². The van der Waals surface area contributed by atoms with Gasteiger partial charge in [-0.2, -0.15) is 0 Å². The SMILES string of the molecule is O=C(O)[C@@H]1CN(C(=O)CN2CCOc3ccccc3C2)C[C@H]1c1cccc(F)c1. The van der Waals surface area contributed by atoms with Crippen molar-refractivity contribution in [1.29, 1.82) is 0 Å². The molecule has 2 aromatic carbocycles. The Kier molecular flexibility index (Phi) is 5.49. The van der Waals surface area contributed by atoms with E-state index in [1.807, 2.05) is 29.2 Å². The number of rotatable bonds is 4. The lowest BCUT2D eigenvalue weighted by atomic mass is 9.89. The highest BCUT2D eigenvalue weighted by Gasteiger charge is 2.40. The van der Waals surface area contributed by atoms with Crippen molar-refractivity contribution in [2.24, 2.45) is 5.92 Å². The third-order valence-corrected chi connectivity index (χ3v) is 5.66. The summed E-state index contributed by atoms with van der Waals surface area (Å²) in [7, 11) is 0. The molecule has 0 radical (unpaired) electrons. The molecule has 6 nitrogen and oxygen atoms in total. The lowest BCUT2D eigenvalue weighted by Crippen LogP contribution is -2.40. The van der Waals surface area contributed by atoms with Gasteiger partial charge in [0.25, 0.3) is 0 Å². The number of likely N-dealkylation sites (tertiary alicyclic amines) is 1. The van der Waals surface area contributed by atoms with E-state index in [2.05, 4.69) is 0 Å². The maximum Gasteiger partial charge on any atom is 0.308 e. The summed E-state index contributed by atoms with van der Waals surface area (Å²) in [5.41, 5.74) is 1.64. The summed E-state index contributed by atoms with van der Waals surface area (Å²) in [5, 5.41) is 9.62. The van der Waals surface area contributed by atoms with Gasteiger partial charge in [-0.25, -0.2) is 4.39 Å². The first kappa shape index (κ1) is 19.4. The summed E-state index contributed by atoms with van der Waals surface area (Å²) >= 11 is 0. The lowest BCUT2D eigenvalue weighted by Gasteiger charge is -2.23. The minimum absolute atomic E-state index is 0.116. The van der Waals surface area contributed by atoms with Crippen LogP contribution in [0.1, 0.15) is 17.0 Å². The van der Waals surface area contributed by atoms with Crippen molar-refractivity contribution in [2.45, 2.75) is 12.5 Å². The molecule has 1 amide bonds. The second kappa shape index (κ2) is 8.21. The van der Waals surface area contributed by atoms with Gasteiger partial charge >= 0.3 is 5.97 Å². The van der Waals surface area contributed by atoms with Crippen LogP contribution in [0.5, 0.6) is 5.75 Å². The van der Waals surface area contributed by atoms with Crippen LogP contribution in [-0.2, 0) is 16.1 Å². The molecule has 1 saturated heterocycles. The van der Waals surface area contributed by atoms with Gasteiger partial charge in [0, 0.05) is 37.7 Å². The average Bonchev–Trinajstić information content (AvgIpc) is 3.05. The van der Waals surface area contributed by atoms with E-state index in [1.54, 1.807) is 17.0 Å². The minimum Gasteiger partial charge on any atom is -0.492 e. The van der Waals surface area contributed by atoms with Crippen molar-refractivity contribution in [3.63, 3.8) is 0 Å². The number of carbonyl (C=O) groups excluding carboxylic acids is 1. The molecule has 0 saturated carbocycles. The molecular weight excluding hydrogens is 375 g/mol. The van der Waals surface area contributed by atoms with Gasteiger partial charge in [0.15, 0.2) is 0 Å².